The van der Waals surface area contributed by atoms with Crippen LogP contribution >= 0.6 is 15.9 Å². The molecule has 0 unspecified atom stereocenters. The maximum atomic E-state index is 13.1. The van der Waals surface area contributed by atoms with Gasteiger partial charge in [0.2, 0.25) is 0 Å². The van der Waals surface area contributed by atoms with Gasteiger partial charge in [-0.25, -0.2) is 0 Å². The monoisotopic (exact) mass is 494 g/mol. The van der Waals surface area contributed by atoms with Gasteiger partial charge in [-0.05, 0) is 61.0 Å². The average molecular weight is 495 g/mol. The minimum Gasteiger partial charge on any atom is -0.493 e. The second-order valence-electron chi connectivity index (χ2n) is 6.69. The Bertz CT molecular complexity index is 1130. The van der Waals surface area contributed by atoms with E-state index in [9.17, 15) is 9.59 Å². The van der Waals surface area contributed by atoms with Crippen molar-refractivity contribution in [2.75, 3.05) is 19.0 Å². The summed E-state index contributed by atoms with van der Waals surface area (Å²) in [6, 6.07) is 21.2. The summed E-state index contributed by atoms with van der Waals surface area (Å²) in [4.78, 5) is 25.8. The van der Waals surface area contributed by atoms with Gasteiger partial charge >= 0.3 is 0 Å². The number of methoxy groups -OCH3 is 1. The van der Waals surface area contributed by atoms with Gasteiger partial charge in [0.25, 0.3) is 11.8 Å². The predicted molar refractivity (Wildman–Crippen MR) is 129 cm³/mol. The molecule has 6 nitrogen and oxygen atoms in total. The van der Waals surface area contributed by atoms with Crippen molar-refractivity contribution < 1.29 is 19.1 Å². The third-order valence-corrected chi connectivity index (χ3v) is 4.90. The highest BCUT2D eigenvalue weighted by Gasteiger charge is 2.16. The number of hydrogen-bond donors (Lipinski definition) is 2. The van der Waals surface area contributed by atoms with Crippen LogP contribution in [0.2, 0.25) is 0 Å². The number of hydrogen-bond acceptors (Lipinski definition) is 4. The minimum absolute atomic E-state index is 0.0893. The molecule has 0 bridgehead atoms. The first-order chi connectivity index (χ1) is 15.5. The van der Waals surface area contributed by atoms with Crippen molar-refractivity contribution in [2.45, 2.75) is 6.92 Å². The fourth-order valence-corrected chi connectivity index (χ4v) is 3.32. The molecule has 0 radical (unpaired) electrons. The molecule has 0 atom stereocenters. The zero-order chi connectivity index (χ0) is 22.9. The number of ether oxygens (including phenoxy) is 2. The number of benzene rings is 3. The van der Waals surface area contributed by atoms with E-state index in [1.54, 1.807) is 67.8 Å². The lowest BCUT2D eigenvalue weighted by atomic mass is 10.1. The van der Waals surface area contributed by atoms with E-state index < -0.39 is 5.91 Å². The van der Waals surface area contributed by atoms with E-state index in [0.717, 1.165) is 4.47 Å². The summed E-state index contributed by atoms with van der Waals surface area (Å²) in [5.41, 5.74) is 1.79. The Labute approximate surface area is 195 Å². The van der Waals surface area contributed by atoms with Gasteiger partial charge in [-0.3, -0.25) is 9.59 Å². The number of nitrogens with one attached hydrogen (secondary N) is 2. The fourth-order valence-electron chi connectivity index (χ4n) is 2.93. The molecule has 0 heterocycles. The van der Waals surface area contributed by atoms with Crippen LogP contribution in [0.25, 0.3) is 6.08 Å². The first-order valence-corrected chi connectivity index (χ1v) is 10.7. The van der Waals surface area contributed by atoms with Crippen LogP contribution in [0.15, 0.2) is 83.0 Å². The van der Waals surface area contributed by atoms with Crippen molar-refractivity contribution in [1.29, 1.82) is 0 Å². The number of amides is 2. The highest BCUT2D eigenvalue weighted by molar-refractivity contribution is 9.10. The molecule has 0 aliphatic heterocycles. The van der Waals surface area contributed by atoms with Crippen LogP contribution < -0.4 is 20.1 Å². The van der Waals surface area contributed by atoms with Gasteiger partial charge in [0.15, 0.2) is 11.5 Å². The van der Waals surface area contributed by atoms with Gasteiger partial charge < -0.3 is 20.1 Å². The van der Waals surface area contributed by atoms with Crippen LogP contribution in [-0.2, 0) is 4.79 Å². The maximum absolute atomic E-state index is 13.1. The van der Waals surface area contributed by atoms with Crippen molar-refractivity contribution >= 4 is 39.5 Å². The molecule has 0 saturated carbocycles. The van der Waals surface area contributed by atoms with E-state index in [4.69, 9.17) is 9.47 Å². The molecule has 2 N–H and O–H groups in total. The van der Waals surface area contributed by atoms with Crippen LogP contribution in [0.3, 0.4) is 0 Å². The molecule has 0 fully saturated rings. The van der Waals surface area contributed by atoms with Gasteiger partial charge in [-0.15, -0.1) is 0 Å². The SMILES string of the molecule is CCOc1cc(/C=C(\NC(=O)c2ccccc2)C(=O)Nc2cccc(Br)c2)ccc1OC. The van der Waals surface area contributed by atoms with E-state index in [1.807, 2.05) is 25.1 Å². The molecule has 3 aromatic carbocycles. The number of carbonyl (C=O) groups excluding carboxylic acids is 2. The van der Waals surface area contributed by atoms with Gasteiger partial charge in [-0.2, -0.15) is 0 Å². The molecule has 0 saturated heterocycles. The Morgan fingerprint density at radius 1 is 0.969 bits per heavy atom. The molecule has 2 amide bonds. The molecule has 3 aromatic rings. The Kier molecular flexibility index (Phi) is 8.05. The third-order valence-electron chi connectivity index (χ3n) is 4.41. The van der Waals surface area contributed by atoms with E-state index in [0.29, 0.717) is 34.9 Å². The lowest BCUT2D eigenvalue weighted by Gasteiger charge is -2.13. The predicted octanol–water partition coefficient (Wildman–Crippen LogP) is 5.27. The summed E-state index contributed by atoms with van der Waals surface area (Å²) in [5, 5.41) is 5.54. The fraction of sp³-hybridized carbons (Fsp3) is 0.120. The number of anilines is 1. The number of rotatable bonds is 8. The van der Waals surface area contributed by atoms with Gasteiger partial charge in [-0.1, -0.05) is 46.3 Å². The van der Waals surface area contributed by atoms with Crippen molar-refractivity contribution in [3.8, 4) is 11.5 Å². The Balaban J connectivity index is 1.94. The standard InChI is InChI=1S/C25H23BrN2O4/c1-3-32-23-15-17(12-13-22(23)31-2)14-21(28-24(29)18-8-5-4-6-9-18)25(30)27-20-11-7-10-19(26)16-20/h4-16H,3H2,1-2H3,(H,27,30)(H,28,29)/b21-14-. The lowest BCUT2D eigenvalue weighted by molar-refractivity contribution is -0.113. The van der Waals surface area contributed by atoms with E-state index in [2.05, 4.69) is 26.6 Å². The van der Waals surface area contributed by atoms with Crippen LogP contribution in [-0.4, -0.2) is 25.5 Å². The summed E-state index contributed by atoms with van der Waals surface area (Å²) in [6.07, 6.45) is 1.59. The maximum Gasteiger partial charge on any atom is 0.272 e. The summed E-state index contributed by atoms with van der Waals surface area (Å²) in [5.74, 6) is 0.281. The Morgan fingerprint density at radius 2 is 1.75 bits per heavy atom. The Hall–Kier alpha value is -3.58. The largest absolute Gasteiger partial charge is 0.493 e. The normalized spacial score (nSPS) is 10.9. The molecule has 0 aliphatic rings. The van der Waals surface area contributed by atoms with Crippen LogP contribution in [0, 0.1) is 0 Å². The molecular formula is C25H23BrN2O4. The van der Waals surface area contributed by atoms with Crippen LogP contribution in [0.5, 0.6) is 11.5 Å². The first kappa shape index (κ1) is 23.1. The third kappa shape index (κ3) is 6.21. The number of halogens is 1. The summed E-state index contributed by atoms with van der Waals surface area (Å²) >= 11 is 3.39. The van der Waals surface area contributed by atoms with E-state index >= 15 is 0 Å². The number of carbonyl (C=O) groups is 2. The first-order valence-electron chi connectivity index (χ1n) is 9.96. The summed E-state index contributed by atoms with van der Waals surface area (Å²) < 4.78 is 11.8. The highest BCUT2D eigenvalue weighted by atomic mass is 79.9. The average Bonchev–Trinajstić information content (AvgIpc) is 2.79. The molecule has 0 aliphatic carbocycles. The van der Waals surface area contributed by atoms with Gasteiger partial charge in [0.05, 0.1) is 13.7 Å². The van der Waals surface area contributed by atoms with E-state index in [1.165, 1.54) is 0 Å². The van der Waals surface area contributed by atoms with E-state index in [-0.39, 0.29) is 11.6 Å². The molecule has 164 valence electrons. The topological polar surface area (TPSA) is 76.7 Å². The van der Waals surface area contributed by atoms with Crippen molar-refractivity contribution in [3.63, 3.8) is 0 Å². The van der Waals surface area contributed by atoms with Gasteiger partial charge in [0.1, 0.15) is 5.70 Å². The van der Waals surface area contributed by atoms with Crippen molar-refractivity contribution in [3.05, 3.63) is 94.1 Å². The van der Waals surface area contributed by atoms with Crippen molar-refractivity contribution in [1.82, 2.24) is 5.32 Å². The molecule has 3 rings (SSSR count). The molecule has 0 aromatic heterocycles. The molecule has 7 heteroatoms. The van der Waals surface area contributed by atoms with Gasteiger partial charge in [0, 0.05) is 15.7 Å². The zero-order valence-electron chi connectivity index (χ0n) is 17.7. The smallest absolute Gasteiger partial charge is 0.272 e. The second-order valence-corrected chi connectivity index (χ2v) is 7.60. The van der Waals surface area contributed by atoms with Crippen LogP contribution in [0.1, 0.15) is 22.8 Å². The Morgan fingerprint density at radius 3 is 2.44 bits per heavy atom. The zero-order valence-corrected chi connectivity index (χ0v) is 19.3. The second kappa shape index (κ2) is 11.2. The highest BCUT2D eigenvalue weighted by Crippen LogP contribution is 2.29. The quantitative estimate of drug-likeness (QED) is 0.418. The summed E-state index contributed by atoms with van der Waals surface area (Å²) in [6.45, 7) is 2.34. The molecule has 32 heavy (non-hydrogen) atoms. The van der Waals surface area contributed by atoms with Crippen molar-refractivity contribution in [2.24, 2.45) is 0 Å². The molecular weight excluding hydrogens is 472 g/mol. The van der Waals surface area contributed by atoms with Crippen LogP contribution in [0.4, 0.5) is 5.69 Å². The summed E-state index contributed by atoms with van der Waals surface area (Å²) in [7, 11) is 1.56. The lowest BCUT2D eigenvalue weighted by Crippen LogP contribution is -2.30. The molecule has 0 spiro atoms. The minimum atomic E-state index is -0.457.